The summed E-state index contributed by atoms with van der Waals surface area (Å²) in [4.78, 5) is 12.0. The van der Waals surface area contributed by atoms with Crippen molar-refractivity contribution in [2.45, 2.75) is 105 Å². The molecule has 0 bridgehead atoms. The predicted molar refractivity (Wildman–Crippen MR) is 118 cm³/mol. The second-order valence-corrected chi connectivity index (χ2v) is 12.0. The Kier molecular flexibility index (Phi) is 5.60. The lowest BCUT2D eigenvalue weighted by Crippen LogP contribution is -2.50. The molecule has 3 saturated carbocycles. The average Bonchev–Trinajstić information content (AvgIpc) is 2.99. The van der Waals surface area contributed by atoms with Crippen LogP contribution in [0.15, 0.2) is 11.6 Å². The van der Waals surface area contributed by atoms with E-state index < -0.39 is 0 Å². The molecule has 0 spiro atoms. The lowest BCUT2D eigenvalue weighted by atomic mass is 9.46. The second kappa shape index (κ2) is 7.59. The summed E-state index contributed by atoms with van der Waals surface area (Å²) in [6, 6.07) is 0. The third-order valence-corrected chi connectivity index (χ3v) is 10.2. The van der Waals surface area contributed by atoms with E-state index in [-0.39, 0.29) is 0 Å². The highest BCUT2D eigenvalue weighted by Crippen LogP contribution is 2.67. The molecule has 158 valence electrons. The quantitative estimate of drug-likeness (QED) is 0.477. The Labute approximate surface area is 174 Å². The third-order valence-electron chi connectivity index (χ3n) is 10.2. The highest BCUT2D eigenvalue weighted by molar-refractivity contribution is 5.91. The number of ketones is 1. The summed E-state index contributed by atoms with van der Waals surface area (Å²) in [5.41, 5.74) is 2.43. The van der Waals surface area contributed by atoms with Gasteiger partial charge in [0.05, 0.1) is 0 Å². The minimum Gasteiger partial charge on any atom is -0.295 e. The van der Waals surface area contributed by atoms with Crippen LogP contribution in [-0.2, 0) is 4.79 Å². The van der Waals surface area contributed by atoms with Crippen LogP contribution in [0.2, 0.25) is 0 Å². The van der Waals surface area contributed by atoms with Crippen molar-refractivity contribution in [1.82, 2.24) is 0 Å². The minimum atomic E-state index is 0.332. The van der Waals surface area contributed by atoms with Gasteiger partial charge in [0.1, 0.15) is 0 Å². The maximum Gasteiger partial charge on any atom is 0.155 e. The molecule has 28 heavy (non-hydrogen) atoms. The molecule has 4 aliphatic carbocycles. The first-order valence-electron chi connectivity index (χ1n) is 12.5. The van der Waals surface area contributed by atoms with Gasteiger partial charge in [0.25, 0.3) is 0 Å². The minimum absolute atomic E-state index is 0.332. The van der Waals surface area contributed by atoms with Crippen LogP contribution in [0, 0.1) is 46.3 Å². The van der Waals surface area contributed by atoms with E-state index in [1.54, 1.807) is 0 Å². The van der Waals surface area contributed by atoms with E-state index in [0.717, 1.165) is 48.3 Å². The topological polar surface area (TPSA) is 17.1 Å². The SMILES string of the molecule is CC(C)CCC[C@@H](C)[C@H]1CC[C@H]2[C@H]3CCC4=CC(=O)CC[C@]4(C)[C@@H]3CC[C@]12C. The Morgan fingerprint density at radius 3 is 2.50 bits per heavy atom. The number of carbonyl (C=O) groups is 1. The molecule has 0 aromatic rings. The van der Waals surface area contributed by atoms with Crippen molar-refractivity contribution in [2.75, 3.05) is 0 Å². The number of allylic oxidation sites excluding steroid dienone is 1. The molecular weight excluding hydrogens is 340 g/mol. The molecule has 0 aliphatic heterocycles. The van der Waals surface area contributed by atoms with E-state index in [1.165, 1.54) is 63.4 Å². The van der Waals surface area contributed by atoms with E-state index in [0.29, 0.717) is 16.6 Å². The van der Waals surface area contributed by atoms with Gasteiger partial charge in [-0.15, -0.1) is 0 Å². The van der Waals surface area contributed by atoms with Crippen molar-refractivity contribution in [1.29, 1.82) is 0 Å². The smallest absolute Gasteiger partial charge is 0.155 e. The summed E-state index contributed by atoms with van der Waals surface area (Å²) in [6.45, 7) is 12.5. The molecule has 0 amide bonds. The first-order chi connectivity index (χ1) is 13.3. The Bertz CT molecular complexity index is 630. The Morgan fingerprint density at radius 2 is 1.75 bits per heavy atom. The summed E-state index contributed by atoms with van der Waals surface area (Å²) in [6.07, 6.45) is 16.6. The van der Waals surface area contributed by atoms with Gasteiger partial charge in [-0.25, -0.2) is 0 Å². The van der Waals surface area contributed by atoms with Crippen molar-refractivity contribution in [3.63, 3.8) is 0 Å². The van der Waals surface area contributed by atoms with Gasteiger partial charge in [0.15, 0.2) is 5.78 Å². The largest absolute Gasteiger partial charge is 0.295 e. The Hall–Kier alpha value is -0.590. The zero-order chi connectivity index (χ0) is 20.1. The van der Waals surface area contributed by atoms with Gasteiger partial charge in [-0.05, 0) is 97.4 Å². The zero-order valence-corrected chi connectivity index (χ0v) is 19.2. The van der Waals surface area contributed by atoms with Gasteiger partial charge in [0.2, 0.25) is 0 Å². The normalized spacial score (nSPS) is 43.9. The fraction of sp³-hybridized carbons (Fsp3) is 0.889. The first-order valence-corrected chi connectivity index (χ1v) is 12.5. The van der Waals surface area contributed by atoms with Gasteiger partial charge in [-0.2, -0.15) is 0 Å². The van der Waals surface area contributed by atoms with Crippen LogP contribution < -0.4 is 0 Å². The van der Waals surface area contributed by atoms with Crippen molar-refractivity contribution < 1.29 is 4.79 Å². The van der Waals surface area contributed by atoms with E-state index >= 15 is 0 Å². The maximum absolute atomic E-state index is 12.0. The van der Waals surface area contributed by atoms with Crippen LogP contribution >= 0.6 is 0 Å². The summed E-state index contributed by atoms with van der Waals surface area (Å²) in [5.74, 6) is 5.79. The Morgan fingerprint density at radius 1 is 0.964 bits per heavy atom. The number of hydrogen-bond donors (Lipinski definition) is 0. The van der Waals surface area contributed by atoms with Crippen LogP contribution in [0.1, 0.15) is 105 Å². The molecular formula is C27H44O. The molecule has 0 aromatic heterocycles. The standard InChI is InChI=1S/C27H44O/c1-18(2)7-6-8-19(3)23-11-12-24-22-10-9-20-17-21(28)13-15-26(20,4)25(22)14-16-27(23,24)5/h17-19,22-25H,6-16H2,1-5H3/t19-,22-,23-,24+,25-,26+,27-/m1/s1. The van der Waals surface area contributed by atoms with Crippen molar-refractivity contribution >= 4 is 5.78 Å². The van der Waals surface area contributed by atoms with Gasteiger partial charge >= 0.3 is 0 Å². The van der Waals surface area contributed by atoms with Crippen molar-refractivity contribution in [2.24, 2.45) is 46.3 Å². The van der Waals surface area contributed by atoms with E-state index in [2.05, 4.69) is 40.7 Å². The number of hydrogen-bond acceptors (Lipinski definition) is 1. The Balaban J connectivity index is 1.49. The van der Waals surface area contributed by atoms with Gasteiger partial charge in [0, 0.05) is 6.42 Å². The summed E-state index contributed by atoms with van der Waals surface area (Å²) >= 11 is 0. The maximum atomic E-state index is 12.0. The molecule has 0 aromatic carbocycles. The molecule has 0 radical (unpaired) electrons. The summed E-state index contributed by atoms with van der Waals surface area (Å²) < 4.78 is 0. The monoisotopic (exact) mass is 384 g/mol. The van der Waals surface area contributed by atoms with Crippen LogP contribution in [0.5, 0.6) is 0 Å². The van der Waals surface area contributed by atoms with E-state index in [4.69, 9.17) is 0 Å². The second-order valence-electron chi connectivity index (χ2n) is 12.0. The van der Waals surface area contributed by atoms with Crippen molar-refractivity contribution in [3.8, 4) is 0 Å². The molecule has 7 atom stereocenters. The lowest BCUT2D eigenvalue weighted by Gasteiger charge is -2.58. The van der Waals surface area contributed by atoms with Crippen LogP contribution in [-0.4, -0.2) is 5.78 Å². The molecule has 0 N–H and O–H groups in total. The van der Waals surface area contributed by atoms with Crippen LogP contribution in [0.4, 0.5) is 0 Å². The van der Waals surface area contributed by atoms with Crippen LogP contribution in [0.25, 0.3) is 0 Å². The summed E-state index contributed by atoms with van der Waals surface area (Å²) in [5, 5.41) is 0. The molecule has 0 unspecified atom stereocenters. The van der Waals surface area contributed by atoms with Gasteiger partial charge in [-0.3, -0.25) is 4.79 Å². The van der Waals surface area contributed by atoms with Gasteiger partial charge in [-0.1, -0.05) is 59.5 Å². The molecule has 1 heteroatoms. The van der Waals surface area contributed by atoms with E-state index in [1.807, 2.05) is 0 Å². The number of carbonyl (C=O) groups excluding carboxylic acids is 1. The van der Waals surface area contributed by atoms with Crippen LogP contribution in [0.3, 0.4) is 0 Å². The molecule has 3 fully saturated rings. The number of rotatable bonds is 5. The molecule has 4 aliphatic rings. The fourth-order valence-corrected chi connectivity index (χ4v) is 8.58. The van der Waals surface area contributed by atoms with Crippen molar-refractivity contribution in [3.05, 3.63) is 11.6 Å². The van der Waals surface area contributed by atoms with E-state index in [9.17, 15) is 4.79 Å². The zero-order valence-electron chi connectivity index (χ0n) is 19.2. The summed E-state index contributed by atoms with van der Waals surface area (Å²) in [7, 11) is 0. The van der Waals surface area contributed by atoms with Gasteiger partial charge < -0.3 is 0 Å². The molecule has 1 nitrogen and oxygen atoms in total. The molecule has 0 saturated heterocycles. The molecule has 0 heterocycles. The average molecular weight is 385 g/mol. The lowest BCUT2D eigenvalue weighted by molar-refractivity contribution is -0.117. The highest BCUT2D eigenvalue weighted by atomic mass is 16.1. The predicted octanol–water partition coefficient (Wildman–Crippen LogP) is 7.60. The highest BCUT2D eigenvalue weighted by Gasteiger charge is 2.59. The first kappa shape index (κ1) is 20.7. The third kappa shape index (κ3) is 3.33. The fourth-order valence-electron chi connectivity index (χ4n) is 8.58. The number of fused-ring (bicyclic) bond motifs is 5. The molecule has 4 rings (SSSR count).